The number of carboxylic acids is 1. The van der Waals surface area contributed by atoms with E-state index in [1.54, 1.807) is 36.4 Å². The molecule has 0 fully saturated rings. The molecule has 1 aliphatic heterocycles. The maximum Gasteiger partial charge on any atom is 0.335 e. The smallest absolute Gasteiger partial charge is 0.335 e. The number of aliphatic imine (C=N–C) groups is 1. The Balaban J connectivity index is 0.000000263. The van der Waals surface area contributed by atoms with Gasteiger partial charge in [-0.1, -0.05) is 97.9 Å². The average Bonchev–Trinajstić information content (AvgIpc) is 4.11. The maximum absolute atomic E-state index is 12.5. The maximum atomic E-state index is 12.5. The number of amides is 5. The number of primary amides is 3. The van der Waals surface area contributed by atoms with Crippen LogP contribution in [0.3, 0.4) is 0 Å². The average molecular weight is 1070 g/mol. The second-order valence-corrected chi connectivity index (χ2v) is 16.1. The Labute approximate surface area is 437 Å². The summed E-state index contributed by atoms with van der Waals surface area (Å²) in [5, 5.41) is 15.2. The molecule has 12 N–H and O–H groups in total. The number of anilines is 2. The van der Waals surface area contributed by atoms with Gasteiger partial charge in [-0.2, -0.15) is 0 Å². The lowest BCUT2D eigenvalue weighted by Crippen LogP contribution is -2.17. The third-order valence-corrected chi connectivity index (χ3v) is 10.8. The Hall–Kier alpha value is -9.04. The number of alkyl halides is 2. The van der Waals surface area contributed by atoms with Gasteiger partial charge in [0.25, 0.3) is 11.8 Å². The van der Waals surface area contributed by atoms with Gasteiger partial charge in [-0.15, -0.1) is 0 Å². The zero-order valence-electron chi connectivity index (χ0n) is 40.8. The fraction of sp³-hybridized carbons (Fsp3) is 0.167. The van der Waals surface area contributed by atoms with E-state index < -0.39 is 30.8 Å². The SMILES string of the molecule is C.CCCBr.CCCn1c(NC(=O)c2cccc(C(N)=O)c2)nc2ccccc21.NC(=O)c1cccc(C(=O)Nc2nc3ccccc3[nH]2)c1.NC(=O)c1cccc(C(=O)O)c1.NC1=Nc2ccccc2C1.[2H]CF. The Kier molecular flexibility index (Phi) is 23.3. The molecule has 386 valence electrons. The number of carboxylic acid groups (broad SMARTS) is 1. The highest BCUT2D eigenvalue weighted by Gasteiger charge is 2.16. The van der Waals surface area contributed by atoms with Crippen LogP contribution in [0, 0.1) is 0 Å². The summed E-state index contributed by atoms with van der Waals surface area (Å²) in [5.74, 6) is -1.96. The Morgan fingerprint density at radius 1 is 0.676 bits per heavy atom. The summed E-state index contributed by atoms with van der Waals surface area (Å²) in [6.07, 6.45) is 2.97. The number of benzene rings is 6. The highest BCUT2D eigenvalue weighted by molar-refractivity contribution is 9.09. The van der Waals surface area contributed by atoms with Crippen LogP contribution in [0.15, 0.2) is 151 Å². The lowest BCUT2D eigenvalue weighted by atomic mass is 10.1. The van der Waals surface area contributed by atoms with E-state index in [4.69, 9.17) is 29.4 Å². The van der Waals surface area contributed by atoms with E-state index in [-0.39, 0.29) is 35.9 Å². The zero-order valence-corrected chi connectivity index (χ0v) is 41.4. The lowest BCUT2D eigenvalue weighted by molar-refractivity contribution is 0.0695. The number of H-pyrrole nitrogens is 1. The number of hydrogen-bond acceptors (Lipinski definition) is 10. The summed E-state index contributed by atoms with van der Waals surface area (Å²) in [4.78, 5) is 84.0. The van der Waals surface area contributed by atoms with E-state index in [0.29, 0.717) is 28.6 Å². The van der Waals surface area contributed by atoms with Gasteiger partial charge in [0.15, 0.2) is 0 Å². The monoisotopic (exact) mass is 1070 g/mol. The van der Waals surface area contributed by atoms with E-state index >= 15 is 0 Å². The Bertz CT molecular complexity index is 3190. The summed E-state index contributed by atoms with van der Waals surface area (Å²) in [6, 6.07) is 41.3. The zero-order chi connectivity index (χ0) is 54.2. The van der Waals surface area contributed by atoms with Crippen molar-refractivity contribution in [2.24, 2.45) is 27.9 Å². The fourth-order valence-corrected chi connectivity index (χ4v) is 6.58. The molecule has 0 saturated carbocycles. The number of nitrogens with two attached hydrogens (primary N) is 4. The number of aromatic amines is 1. The second-order valence-electron chi connectivity index (χ2n) is 15.3. The minimum Gasteiger partial charge on any atom is -0.478 e. The molecular weight excluding hydrogens is 1010 g/mol. The molecule has 0 aliphatic carbocycles. The summed E-state index contributed by atoms with van der Waals surface area (Å²) >= 11 is 3.25. The summed E-state index contributed by atoms with van der Waals surface area (Å²) < 4.78 is 17.5. The van der Waals surface area contributed by atoms with Crippen LogP contribution in [0.2, 0.25) is 0 Å². The van der Waals surface area contributed by atoms with Crippen molar-refractivity contribution in [3.05, 3.63) is 185 Å². The summed E-state index contributed by atoms with van der Waals surface area (Å²) in [7, 11) is -1.00. The molecule has 0 radical (unpaired) electrons. The van der Waals surface area contributed by atoms with Gasteiger partial charge in [-0.3, -0.25) is 39.0 Å². The van der Waals surface area contributed by atoms with Crippen molar-refractivity contribution in [3.63, 3.8) is 0 Å². The molecule has 6 aromatic carbocycles. The van der Waals surface area contributed by atoms with Crippen LogP contribution in [0.4, 0.5) is 22.0 Å². The number of hydrogen-bond donors (Lipinski definition) is 8. The molecule has 9 rings (SSSR count). The number of amidine groups is 1. The van der Waals surface area contributed by atoms with Gasteiger partial charge in [0.2, 0.25) is 29.6 Å². The van der Waals surface area contributed by atoms with Crippen molar-refractivity contribution >= 4 is 96.9 Å². The minimum absolute atomic E-state index is 0. The molecule has 18 nitrogen and oxygen atoms in total. The number of halogens is 2. The van der Waals surface area contributed by atoms with Gasteiger partial charge < -0.3 is 37.6 Å². The molecule has 2 aromatic heterocycles. The van der Waals surface area contributed by atoms with E-state index in [2.05, 4.69) is 66.4 Å². The van der Waals surface area contributed by atoms with Gasteiger partial charge in [0.1, 0.15) is 5.84 Å². The second kappa shape index (κ2) is 30.0. The number of para-hydroxylation sites is 5. The van der Waals surface area contributed by atoms with Gasteiger partial charge in [0, 0.05) is 46.1 Å². The van der Waals surface area contributed by atoms with Crippen molar-refractivity contribution in [1.29, 1.82) is 0 Å². The van der Waals surface area contributed by atoms with Crippen LogP contribution in [0.1, 0.15) is 103 Å². The molecule has 1 aliphatic rings. The van der Waals surface area contributed by atoms with Crippen LogP contribution in [0.25, 0.3) is 22.1 Å². The number of fused-ring (bicyclic) bond motifs is 3. The molecule has 74 heavy (non-hydrogen) atoms. The number of nitrogens with zero attached hydrogens (tertiary/aromatic N) is 4. The molecule has 20 heteroatoms. The first-order chi connectivity index (χ1) is 35.5. The van der Waals surface area contributed by atoms with Gasteiger partial charge in [0.05, 0.1) is 41.8 Å². The largest absolute Gasteiger partial charge is 0.478 e. The van der Waals surface area contributed by atoms with Gasteiger partial charge in [-0.05, 0) is 103 Å². The molecular formula is C54H59BrFN11O7. The minimum atomic E-state index is -1.07. The first-order valence-electron chi connectivity index (χ1n) is 23.0. The van der Waals surface area contributed by atoms with Crippen LogP contribution in [-0.2, 0) is 13.0 Å². The van der Waals surface area contributed by atoms with E-state index in [0.717, 1.165) is 58.3 Å². The van der Waals surface area contributed by atoms with Crippen molar-refractivity contribution in [2.75, 3.05) is 23.1 Å². The normalized spacial score (nSPS) is 10.6. The van der Waals surface area contributed by atoms with Crippen LogP contribution < -0.4 is 33.6 Å². The predicted molar refractivity (Wildman–Crippen MR) is 293 cm³/mol. The standard InChI is InChI=1S/C18H18N4O2.C15H12N4O2.C8H8N2.C8H7NO3.C3H7Br.CH3F.CH4/c1-2-10-22-15-9-4-3-8-14(15)20-18(22)21-17(24)13-7-5-6-12(11-13)16(19)23;16-13(20)9-4-3-5-10(8-9)14(21)19-15-17-11-6-1-2-7-12(11)18-15;9-8-5-6-3-1-2-4-7(6)10-8;9-7(10)5-2-1-3-6(4-5)8(11)12;1-2-3-4;1-2;/h3-9,11H,2,10H2,1H3,(H2,19,23)(H,20,21,24);1-8H,(H2,16,20)(H2,17,18,19,21);1-4H,5H2,(H2,9,10);1-4H,(H2,9,10)(H,11,12);2-3H2,1H3;1H3;1H4/i;;;;;1D;. The molecule has 0 atom stereocenters. The van der Waals surface area contributed by atoms with Crippen LogP contribution >= 0.6 is 15.9 Å². The number of rotatable bonds is 11. The summed E-state index contributed by atoms with van der Waals surface area (Å²) in [5.41, 5.74) is 28.2. The van der Waals surface area contributed by atoms with Crippen molar-refractivity contribution in [2.45, 2.75) is 47.1 Å². The quantitative estimate of drug-likeness (QED) is 0.0567. The fourth-order valence-electron chi connectivity index (χ4n) is 6.58. The number of nitrogens with one attached hydrogen (secondary N) is 3. The van der Waals surface area contributed by atoms with E-state index in [9.17, 15) is 33.2 Å². The number of imidazole rings is 2. The number of aryl methyl sites for hydroxylation is 1. The lowest BCUT2D eigenvalue weighted by Gasteiger charge is -2.09. The first kappa shape index (κ1) is 57.5. The van der Waals surface area contributed by atoms with Crippen LogP contribution in [-0.4, -0.2) is 78.5 Å². The highest BCUT2D eigenvalue weighted by Crippen LogP contribution is 2.24. The van der Waals surface area contributed by atoms with Crippen molar-refractivity contribution in [3.8, 4) is 0 Å². The summed E-state index contributed by atoms with van der Waals surface area (Å²) in [6.45, 7) is 4.95. The third-order valence-electron chi connectivity index (χ3n) is 9.98. The first-order valence-corrected chi connectivity index (χ1v) is 23.4. The number of carbonyl (C=O) groups is 6. The van der Waals surface area contributed by atoms with Crippen LogP contribution in [0.5, 0.6) is 0 Å². The molecule has 0 spiro atoms. The van der Waals surface area contributed by atoms with Gasteiger partial charge >= 0.3 is 5.97 Å². The third kappa shape index (κ3) is 17.4. The Morgan fingerprint density at radius 3 is 1.66 bits per heavy atom. The van der Waals surface area contributed by atoms with Gasteiger partial charge in [-0.25, -0.2) is 19.8 Å². The van der Waals surface area contributed by atoms with Crippen molar-refractivity contribution < 1.29 is 39.6 Å². The molecule has 8 aromatic rings. The van der Waals surface area contributed by atoms with E-state index in [1.807, 2.05) is 71.3 Å². The Morgan fingerprint density at radius 2 is 1.15 bits per heavy atom. The molecule has 0 saturated heterocycles. The van der Waals surface area contributed by atoms with E-state index in [1.165, 1.54) is 48.4 Å². The molecule has 5 amide bonds. The number of aromatic nitrogens is 4. The number of aromatic carboxylic acids is 1. The topological polar surface area (TPSA) is 310 Å². The highest BCUT2D eigenvalue weighted by atomic mass is 79.9. The molecule has 0 bridgehead atoms. The molecule has 0 unspecified atom stereocenters. The predicted octanol–water partition coefficient (Wildman–Crippen LogP) is 9.44. The van der Waals surface area contributed by atoms with Crippen molar-refractivity contribution in [1.82, 2.24) is 19.5 Å². The number of carbonyl (C=O) groups excluding carboxylic acids is 5. The molecule has 3 heterocycles.